The summed E-state index contributed by atoms with van der Waals surface area (Å²) in [5.74, 6) is 1.35. The SMILES string of the molecule is CCC(=O)CCSC(C)(C)C. The molecule has 0 radical (unpaired) electrons. The Kier molecular flexibility index (Phi) is 4.82. The highest BCUT2D eigenvalue weighted by Crippen LogP contribution is 2.23. The zero-order valence-electron chi connectivity index (χ0n) is 7.94. The smallest absolute Gasteiger partial charge is 0.133 e. The Balaban J connectivity index is 3.35. The normalized spacial score (nSPS) is 11.6. The van der Waals surface area contributed by atoms with Gasteiger partial charge in [-0.2, -0.15) is 11.8 Å². The molecule has 0 aromatic carbocycles. The molecule has 0 aromatic rings. The molecular weight excluding hydrogens is 156 g/mol. The number of hydrogen-bond donors (Lipinski definition) is 0. The molecule has 0 saturated heterocycles. The maximum absolute atomic E-state index is 10.9. The van der Waals surface area contributed by atoms with Crippen molar-refractivity contribution in [1.29, 1.82) is 0 Å². The summed E-state index contributed by atoms with van der Waals surface area (Å²) in [6, 6.07) is 0. The van der Waals surface area contributed by atoms with Gasteiger partial charge in [0.15, 0.2) is 0 Å². The van der Waals surface area contributed by atoms with Crippen LogP contribution in [0.5, 0.6) is 0 Å². The van der Waals surface area contributed by atoms with E-state index >= 15 is 0 Å². The van der Waals surface area contributed by atoms with Crippen LogP contribution in [0.25, 0.3) is 0 Å². The minimum Gasteiger partial charge on any atom is -0.300 e. The van der Waals surface area contributed by atoms with E-state index in [1.807, 2.05) is 18.7 Å². The first kappa shape index (κ1) is 11.0. The first-order valence-electron chi connectivity index (χ1n) is 4.11. The first-order chi connectivity index (χ1) is 4.95. The van der Waals surface area contributed by atoms with Crippen LogP contribution in [0.15, 0.2) is 0 Å². The maximum Gasteiger partial charge on any atom is 0.133 e. The maximum atomic E-state index is 10.9. The van der Waals surface area contributed by atoms with Crippen LogP contribution in [-0.2, 0) is 4.79 Å². The third kappa shape index (κ3) is 7.92. The van der Waals surface area contributed by atoms with E-state index in [1.165, 1.54) is 0 Å². The Morgan fingerprint density at radius 1 is 1.36 bits per heavy atom. The van der Waals surface area contributed by atoms with Crippen LogP contribution >= 0.6 is 11.8 Å². The Bertz CT molecular complexity index is 124. The molecule has 0 rings (SSSR count). The van der Waals surface area contributed by atoms with Crippen molar-refractivity contribution in [2.24, 2.45) is 0 Å². The molecule has 0 saturated carbocycles. The quantitative estimate of drug-likeness (QED) is 0.652. The lowest BCUT2D eigenvalue weighted by Gasteiger charge is -2.16. The summed E-state index contributed by atoms with van der Waals surface area (Å²) >= 11 is 1.86. The molecule has 0 bridgehead atoms. The van der Waals surface area contributed by atoms with Gasteiger partial charge in [-0.15, -0.1) is 0 Å². The summed E-state index contributed by atoms with van der Waals surface area (Å²) in [6.45, 7) is 8.44. The number of Topliss-reactive ketones (excluding diaryl/α,β-unsaturated/α-hetero) is 1. The minimum atomic E-state index is 0.300. The standard InChI is InChI=1S/C9H18OS/c1-5-8(10)6-7-11-9(2,3)4/h5-7H2,1-4H3. The van der Waals surface area contributed by atoms with E-state index in [0.29, 0.717) is 17.0 Å². The summed E-state index contributed by atoms with van der Waals surface area (Å²) in [5.41, 5.74) is 0. The van der Waals surface area contributed by atoms with Gasteiger partial charge in [-0.25, -0.2) is 0 Å². The van der Waals surface area contributed by atoms with Gasteiger partial charge >= 0.3 is 0 Å². The number of rotatable bonds is 4. The second-order valence-corrected chi connectivity index (χ2v) is 5.52. The van der Waals surface area contributed by atoms with Gasteiger partial charge in [0, 0.05) is 23.3 Å². The fourth-order valence-corrected chi connectivity index (χ4v) is 1.59. The molecule has 0 aliphatic heterocycles. The molecule has 0 heterocycles. The molecule has 0 aliphatic rings. The highest BCUT2D eigenvalue weighted by atomic mass is 32.2. The van der Waals surface area contributed by atoms with E-state index in [4.69, 9.17) is 0 Å². The summed E-state index contributed by atoms with van der Waals surface area (Å²) in [6.07, 6.45) is 1.42. The van der Waals surface area contributed by atoms with Crippen molar-refractivity contribution in [3.63, 3.8) is 0 Å². The van der Waals surface area contributed by atoms with E-state index < -0.39 is 0 Å². The van der Waals surface area contributed by atoms with E-state index in [2.05, 4.69) is 20.8 Å². The Morgan fingerprint density at radius 2 is 1.91 bits per heavy atom. The van der Waals surface area contributed by atoms with Crippen molar-refractivity contribution in [3.05, 3.63) is 0 Å². The summed E-state index contributed by atoms with van der Waals surface area (Å²) in [5, 5.41) is 0. The Morgan fingerprint density at radius 3 is 2.27 bits per heavy atom. The number of carbonyl (C=O) groups excluding carboxylic acids is 1. The van der Waals surface area contributed by atoms with Crippen molar-refractivity contribution in [2.45, 2.75) is 45.3 Å². The third-order valence-electron chi connectivity index (χ3n) is 1.31. The van der Waals surface area contributed by atoms with Crippen LogP contribution in [0.4, 0.5) is 0 Å². The molecule has 0 atom stereocenters. The van der Waals surface area contributed by atoms with Gasteiger partial charge in [0.25, 0.3) is 0 Å². The Labute approximate surface area is 73.9 Å². The molecule has 0 aliphatic carbocycles. The highest BCUT2D eigenvalue weighted by Gasteiger charge is 2.10. The second-order valence-electron chi connectivity index (χ2n) is 3.60. The molecule has 0 aromatic heterocycles. The van der Waals surface area contributed by atoms with Crippen LogP contribution in [0, 0.1) is 0 Å². The number of ketones is 1. The zero-order valence-corrected chi connectivity index (χ0v) is 8.75. The predicted octanol–water partition coefficient (Wildman–Crippen LogP) is 2.89. The predicted molar refractivity (Wildman–Crippen MR) is 52.1 cm³/mol. The molecule has 0 amide bonds. The van der Waals surface area contributed by atoms with Gasteiger partial charge in [0.05, 0.1) is 0 Å². The van der Waals surface area contributed by atoms with E-state index in [-0.39, 0.29) is 0 Å². The molecule has 11 heavy (non-hydrogen) atoms. The van der Waals surface area contributed by atoms with E-state index in [9.17, 15) is 4.79 Å². The average Bonchev–Trinajstić information content (AvgIpc) is 1.85. The topological polar surface area (TPSA) is 17.1 Å². The van der Waals surface area contributed by atoms with Crippen molar-refractivity contribution in [1.82, 2.24) is 0 Å². The number of thioether (sulfide) groups is 1. The van der Waals surface area contributed by atoms with Gasteiger partial charge in [-0.1, -0.05) is 27.7 Å². The van der Waals surface area contributed by atoms with Gasteiger partial charge < -0.3 is 0 Å². The lowest BCUT2D eigenvalue weighted by Crippen LogP contribution is -2.09. The molecule has 0 unspecified atom stereocenters. The highest BCUT2D eigenvalue weighted by molar-refractivity contribution is 8.00. The largest absolute Gasteiger partial charge is 0.300 e. The van der Waals surface area contributed by atoms with Gasteiger partial charge in [-0.3, -0.25) is 4.79 Å². The van der Waals surface area contributed by atoms with E-state index in [0.717, 1.165) is 12.2 Å². The molecular formula is C9H18OS. The monoisotopic (exact) mass is 174 g/mol. The van der Waals surface area contributed by atoms with Crippen LogP contribution in [0.2, 0.25) is 0 Å². The summed E-state index contributed by atoms with van der Waals surface area (Å²) < 4.78 is 0.300. The van der Waals surface area contributed by atoms with Crippen LogP contribution in [0.3, 0.4) is 0 Å². The molecule has 0 spiro atoms. The van der Waals surface area contributed by atoms with Gasteiger partial charge in [-0.05, 0) is 0 Å². The van der Waals surface area contributed by atoms with Gasteiger partial charge in [0.2, 0.25) is 0 Å². The number of hydrogen-bond acceptors (Lipinski definition) is 2. The zero-order chi connectivity index (χ0) is 8.91. The van der Waals surface area contributed by atoms with Crippen molar-refractivity contribution in [2.75, 3.05) is 5.75 Å². The fraction of sp³-hybridized carbons (Fsp3) is 0.889. The molecule has 1 nitrogen and oxygen atoms in total. The molecule has 2 heteroatoms. The minimum absolute atomic E-state index is 0.300. The molecule has 66 valence electrons. The van der Waals surface area contributed by atoms with Gasteiger partial charge in [0.1, 0.15) is 5.78 Å². The lowest BCUT2D eigenvalue weighted by atomic mass is 10.2. The number of carbonyl (C=O) groups is 1. The van der Waals surface area contributed by atoms with Crippen molar-refractivity contribution in [3.8, 4) is 0 Å². The van der Waals surface area contributed by atoms with Crippen LogP contribution < -0.4 is 0 Å². The van der Waals surface area contributed by atoms with Crippen molar-refractivity contribution < 1.29 is 4.79 Å². The molecule has 0 fully saturated rings. The third-order valence-corrected chi connectivity index (χ3v) is 2.58. The summed E-state index contributed by atoms with van der Waals surface area (Å²) in [7, 11) is 0. The van der Waals surface area contributed by atoms with Crippen LogP contribution in [-0.4, -0.2) is 16.3 Å². The summed E-state index contributed by atoms with van der Waals surface area (Å²) in [4.78, 5) is 10.9. The molecule has 0 N–H and O–H groups in total. The first-order valence-corrected chi connectivity index (χ1v) is 5.10. The average molecular weight is 174 g/mol. The Hall–Kier alpha value is 0.0200. The fourth-order valence-electron chi connectivity index (χ4n) is 0.648. The lowest BCUT2D eigenvalue weighted by molar-refractivity contribution is -0.118. The van der Waals surface area contributed by atoms with E-state index in [1.54, 1.807) is 0 Å². The van der Waals surface area contributed by atoms with Crippen molar-refractivity contribution >= 4 is 17.5 Å². The second kappa shape index (κ2) is 4.81. The van der Waals surface area contributed by atoms with Crippen LogP contribution in [0.1, 0.15) is 40.5 Å².